The van der Waals surface area contributed by atoms with Crippen LogP contribution in [-0.4, -0.2) is 64.9 Å². The average molecular weight is 325 g/mol. The number of rotatable bonds is 5. The van der Waals surface area contributed by atoms with Crippen molar-refractivity contribution in [3.63, 3.8) is 0 Å². The van der Waals surface area contributed by atoms with Crippen molar-refractivity contribution in [2.24, 2.45) is 5.14 Å². The number of sulfonamides is 1. The third-order valence-electron chi connectivity index (χ3n) is 3.73. The quantitative estimate of drug-likeness (QED) is 0.731. The fraction of sp³-hybridized carbons (Fsp3) is 1.00. The van der Waals surface area contributed by atoms with Gasteiger partial charge < -0.3 is 23.7 Å². The maximum atomic E-state index is 11.3. The van der Waals surface area contributed by atoms with Crippen molar-refractivity contribution in [1.29, 1.82) is 0 Å². The standard InChI is InChI=1S/C12H23NO7S/c1-11(2)19-10-9(17-4)8(16-3)7-18-12(10,20-11)5-6-21(13,14)15/h8-10H,5-7H2,1-4H3,(H2,13,14,15)/t8-,9-,10+,12+/m0/s1. The minimum Gasteiger partial charge on any atom is -0.376 e. The molecular formula is C12H23NO7S. The lowest BCUT2D eigenvalue weighted by Crippen LogP contribution is -2.60. The lowest BCUT2D eigenvalue weighted by molar-refractivity contribution is -0.297. The number of ether oxygens (including phenoxy) is 5. The van der Waals surface area contributed by atoms with E-state index in [0.29, 0.717) is 0 Å². The molecule has 0 spiro atoms. The first-order chi connectivity index (χ1) is 9.62. The van der Waals surface area contributed by atoms with E-state index in [0.717, 1.165) is 0 Å². The molecule has 2 fully saturated rings. The van der Waals surface area contributed by atoms with Gasteiger partial charge in [-0.25, -0.2) is 13.6 Å². The van der Waals surface area contributed by atoms with Crippen LogP contribution in [0.1, 0.15) is 20.3 Å². The summed E-state index contributed by atoms with van der Waals surface area (Å²) in [5, 5.41) is 5.08. The Kier molecular flexibility index (Phi) is 4.66. The number of primary sulfonamides is 1. The zero-order valence-corrected chi connectivity index (χ0v) is 13.5. The molecule has 0 aromatic rings. The zero-order valence-electron chi connectivity index (χ0n) is 12.7. The third-order valence-corrected chi connectivity index (χ3v) is 4.50. The Morgan fingerprint density at radius 1 is 1.29 bits per heavy atom. The van der Waals surface area contributed by atoms with Gasteiger partial charge in [0.2, 0.25) is 15.8 Å². The Hall–Kier alpha value is -0.290. The minimum absolute atomic E-state index is 0.0657. The molecule has 21 heavy (non-hydrogen) atoms. The lowest BCUT2D eigenvalue weighted by Gasteiger charge is -2.43. The van der Waals surface area contributed by atoms with Gasteiger partial charge in [0.25, 0.3) is 0 Å². The molecule has 2 aliphatic heterocycles. The molecule has 0 saturated carbocycles. The van der Waals surface area contributed by atoms with Crippen molar-refractivity contribution in [3.05, 3.63) is 0 Å². The maximum absolute atomic E-state index is 11.3. The fourth-order valence-corrected chi connectivity index (χ4v) is 3.43. The average Bonchev–Trinajstić information content (AvgIpc) is 2.65. The van der Waals surface area contributed by atoms with Crippen molar-refractivity contribution in [3.8, 4) is 0 Å². The second-order valence-corrected chi connectivity index (χ2v) is 7.49. The molecule has 0 unspecified atom stereocenters. The van der Waals surface area contributed by atoms with Gasteiger partial charge in [-0.2, -0.15) is 0 Å². The Balaban J connectivity index is 2.27. The highest BCUT2D eigenvalue weighted by Crippen LogP contribution is 2.45. The predicted molar refractivity (Wildman–Crippen MR) is 72.9 cm³/mol. The van der Waals surface area contributed by atoms with Gasteiger partial charge >= 0.3 is 0 Å². The molecule has 0 aromatic carbocycles. The second kappa shape index (κ2) is 5.73. The van der Waals surface area contributed by atoms with Crippen molar-refractivity contribution < 1.29 is 32.1 Å². The second-order valence-electron chi connectivity index (χ2n) is 5.75. The van der Waals surface area contributed by atoms with E-state index in [2.05, 4.69) is 0 Å². The summed E-state index contributed by atoms with van der Waals surface area (Å²) in [5.74, 6) is -2.38. The minimum atomic E-state index is -3.64. The van der Waals surface area contributed by atoms with Crippen molar-refractivity contribution in [2.75, 3.05) is 26.6 Å². The van der Waals surface area contributed by atoms with E-state index in [9.17, 15) is 8.42 Å². The van der Waals surface area contributed by atoms with Crippen LogP contribution >= 0.6 is 0 Å². The number of hydrogen-bond acceptors (Lipinski definition) is 7. The van der Waals surface area contributed by atoms with Crippen molar-refractivity contribution in [2.45, 2.75) is 50.2 Å². The van der Waals surface area contributed by atoms with E-state index in [1.165, 1.54) is 0 Å². The SMILES string of the molecule is CO[C@H]1[C@@H](OC)CO[C@]2(CCS(N)(=O)=O)OC(C)(C)O[C@H]12. The predicted octanol–water partition coefficient (Wildman–Crippen LogP) is -0.427. The number of methoxy groups -OCH3 is 2. The molecule has 0 aromatic heterocycles. The van der Waals surface area contributed by atoms with E-state index in [1.807, 2.05) is 0 Å². The summed E-state index contributed by atoms with van der Waals surface area (Å²) < 4.78 is 50.8. The van der Waals surface area contributed by atoms with E-state index in [4.69, 9.17) is 28.8 Å². The number of fused-ring (bicyclic) bond motifs is 1. The third kappa shape index (κ3) is 3.55. The Labute approximate surface area is 124 Å². The molecule has 4 atom stereocenters. The summed E-state index contributed by atoms with van der Waals surface area (Å²) in [4.78, 5) is 0. The zero-order chi connectivity index (χ0) is 15.9. The van der Waals surface area contributed by atoms with Crippen LogP contribution in [0.25, 0.3) is 0 Å². The Bertz CT molecular complexity index is 480. The van der Waals surface area contributed by atoms with Crippen LogP contribution in [0, 0.1) is 0 Å². The molecule has 2 N–H and O–H groups in total. The summed E-state index contributed by atoms with van der Waals surface area (Å²) in [5.41, 5.74) is 0. The van der Waals surface area contributed by atoms with Crippen LogP contribution < -0.4 is 5.14 Å². The Morgan fingerprint density at radius 2 is 1.95 bits per heavy atom. The van der Waals surface area contributed by atoms with Gasteiger partial charge in [-0.05, 0) is 13.8 Å². The largest absolute Gasteiger partial charge is 0.376 e. The molecule has 8 nitrogen and oxygen atoms in total. The van der Waals surface area contributed by atoms with Gasteiger partial charge in [0.05, 0.1) is 12.4 Å². The highest BCUT2D eigenvalue weighted by atomic mass is 32.2. The van der Waals surface area contributed by atoms with Gasteiger partial charge in [0, 0.05) is 20.6 Å². The van der Waals surface area contributed by atoms with Gasteiger partial charge in [-0.15, -0.1) is 0 Å². The fourth-order valence-electron chi connectivity index (χ4n) is 2.86. The first-order valence-electron chi connectivity index (χ1n) is 6.70. The molecule has 124 valence electrons. The van der Waals surface area contributed by atoms with Crippen LogP contribution in [0.2, 0.25) is 0 Å². The first-order valence-corrected chi connectivity index (χ1v) is 8.42. The molecule has 0 aliphatic carbocycles. The van der Waals surface area contributed by atoms with Crippen LogP contribution in [0.4, 0.5) is 0 Å². The summed E-state index contributed by atoms with van der Waals surface area (Å²) in [7, 11) is -0.539. The number of nitrogens with two attached hydrogens (primary N) is 1. The van der Waals surface area contributed by atoms with E-state index >= 15 is 0 Å². The van der Waals surface area contributed by atoms with Crippen LogP contribution in [-0.2, 0) is 33.7 Å². The van der Waals surface area contributed by atoms with E-state index < -0.39 is 33.8 Å². The van der Waals surface area contributed by atoms with Gasteiger partial charge in [-0.3, -0.25) is 0 Å². The van der Waals surface area contributed by atoms with Crippen molar-refractivity contribution >= 4 is 10.0 Å². The highest BCUT2D eigenvalue weighted by Gasteiger charge is 2.61. The summed E-state index contributed by atoms with van der Waals surface area (Å²) >= 11 is 0. The summed E-state index contributed by atoms with van der Waals surface area (Å²) in [6.07, 6.45) is -1.28. The smallest absolute Gasteiger partial charge is 0.209 e. The maximum Gasteiger partial charge on any atom is 0.209 e. The van der Waals surface area contributed by atoms with Gasteiger partial charge in [-0.1, -0.05) is 0 Å². The van der Waals surface area contributed by atoms with Crippen molar-refractivity contribution in [1.82, 2.24) is 0 Å². The topological polar surface area (TPSA) is 106 Å². The van der Waals surface area contributed by atoms with Crippen LogP contribution in [0.5, 0.6) is 0 Å². The van der Waals surface area contributed by atoms with Gasteiger partial charge in [0.15, 0.2) is 5.79 Å². The van der Waals surface area contributed by atoms with Crippen LogP contribution in [0.3, 0.4) is 0 Å². The molecule has 9 heteroatoms. The van der Waals surface area contributed by atoms with Crippen LogP contribution in [0.15, 0.2) is 0 Å². The molecule has 0 amide bonds. The molecule has 0 bridgehead atoms. The summed E-state index contributed by atoms with van der Waals surface area (Å²) in [6, 6.07) is 0. The molecule has 2 saturated heterocycles. The molecule has 2 rings (SSSR count). The Morgan fingerprint density at radius 3 is 2.48 bits per heavy atom. The van der Waals surface area contributed by atoms with E-state index in [1.54, 1.807) is 28.1 Å². The van der Waals surface area contributed by atoms with Gasteiger partial charge in [0.1, 0.15) is 18.3 Å². The number of hydrogen-bond donors (Lipinski definition) is 1. The molecular weight excluding hydrogens is 302 g/mol. The lowest BCUT2D eigenvalue weighted by atomic mass is 9.95. The van der Waals surface area contributed by atoms with E-state index in [-0.39, 0.29) is 24.9 Å². The molecule has 0 radical (unpaired) electrons. The first kappa shape index (κ1) is 17.1. The highest BCUT2D eigenvalue weighted by molar-refractivity contribution is 7.89. The normalized spacial score (nSPS) is 39.2. The summed E-state index contributed by atoms with van der Waals surface area (Å²) in [6.45, 7) is 3.69. The monoisotopic (exact) mass is 325 g/mol. The molecule has 2 aliphatic rings. The molecule has 2 heterocycles.